The normalized spacial score (nSPS) is 12.9. The molecular weight excluding hydrogens is 393 g/mol. The molecule has 0 atom stereocenters. The van der Waals surface area contributed by atoms with Crippen LogP contribution in [-0.2, 0) is 14.0 Å². The molecule has 0 aliphatic heterocycles. The van der Waals surface area contributed by atoms with Crippen LogP contribution in [0.25, 0.3) is 0 Å². The number of halogens is 4. The molecule has 0 fully saturated rings. The molecular formula is C2Cl4O2Pt. The standard InChI is InChI=1S/2CClO.2ClH.Pt/c2*2-1-3;;;/h;;2*1H;/q;;;;+2/p-2. The van der Waals surface area contributed by atoms with Gasteiger partial charge in [0.1, 0.15) is 0 Å². The van der Waals surface area contributed by atoms with Gasteiger partial charge >= 0.3 is 72.9 Å². The van der Waals surface area contributed by atoms with E-state index in [1.807, 2.05) is 0 Å². The van der Waals surface area contributed by atoms with Crippen LogP contribution in [0.1, 0.15) is 0 Å². The van der Waals surface area contributed by atoms with Crippen molar-refractivity contribution in [2.75, 3.05) is 0 Å². The van der Waals surface area contributed by atoms with Crippen LogP contribution in [0.3, 0.4) is 0 Å². The number of carbonyl (C=O) groups excluding carboxylic acids is 2. The third kappa shape index (κ3) is 2.73. The van der Waals surface area contributed by atoms with E-state index in [0.717, 1.165) is 0 Å². The van der Waals surface area contributed by atoms with Gasteiger partial charge in [-0.15, -0.1) is 0 Å². The van der Waals surface area contributed by atoms with Gasteiger partial charge in [0.15, 0.2) is 0 Å². The molecule has 0 aromatic carbocycles. The maximum absolute atomic E-state index is 10.2. The van der Waals surface area contributed by atoms with Gasteiger partial charge in [-0.05, 0) is 0 Å². The molecule has 58 valence electrons. The van der Waals surface area contributed by atoms with Crippen LogP contribution < -0.4 is 0 Å². The van der Waals surface area contributed by atoms with Crippen molar-refractivity contribution in [2.45, 2.75) is 0 Å². The van der Waals surface area contributed by atoms with Gasteiger partial charge in [0.2, 0.25) is 0 Å². The van der Waals surface area contributed by atoms with Crippen LogP contribution >= 0.6 is 42.0 Å². The van der Waals surface area contributed by atoms with E-state index >= 15 is 0 Å². The van der Waals surface area contributed by atoms with E-state index in [0.29, 0.717) is 0 Å². The molecule has 0 aliphatic rings. The number of hydrogen-bond acceptors (Lipinski definition) is 2. The van der Waals surface area contributed by atoms with Crippen molar-refractivity contribution in [3.8, 4) is 0 Å². The zero-order valence-electron chi connectivity index (χ0n) is 3.64. The van der Waals surface area contributed by atoms with Gasteiger partial charge in [0, 0.05) is 0 Å². The predicted molar refractivity (Wildman–Crippen MR) is 34.2 cm³/mol. The number of rotatable bonds is 2. The summed E-state index contributed by atoms with van der Waals surface area (Å²) in [6.07, 6.45) is 0. The molecule has 0 spiro atoms. The van der Waals surface area contributed by atoms with Crippen molar-refractivity contribution >= 4 is 49.3 Å². The number of hydrogen-bond donors (Lipinski definition) is 0. The summed E-state index contributed by atoms with van der Waals surface area (Å²) in [5.74, 6) is 0. The summed E-state index contributed by atoms with van der Waals surface area (Å²) < 4.78 is -2.04. The van der Waals surface area contributed by atoms with Crippen molar-refractivity contribution in [3.05, 3.63) is 0 Å². The quantitative estimate of drug-likeness (QED) is 0.676. The third-order valence-corrected chi connectivity index (χ3v) is 11.0. The van der Waals surface area contributed by atoms with Gasteiger partial charge in [-0.1, -0.05) is 0 Å². The van der Waals surface area contributed by atoms with Gasteiger partial charge in [-0.3, -0.25) is 0 Å². The van der Waals surface area contributed by atoms with E-state index in [1.54, 1.807) is 0 Å². The van der Waals surface area contributed by atoms with Crippen LogP contribution in [0.15, 0.2) is 0 Å². The Hall–Kier alpha value is 1.19. The Morgan fingerprint density at radius 3 is 1.22 bits per heavy atom. The summed E-state index contributed by atoms with van der Waals surface area (Å²) in [5.41, 5.74) is 0. The summed E-state index contributed by atoms with van der Waals surface area (Å²) >= 11 is 5.61. The Bertz CT molecular complexity index is 139. The maximum atomic E-state index is 10.2. The molecule has 0 aromatic heterocycles. The average molecular weight is 393 g/mol. The SMILES string of the molecule is O=[C](Cl)[Pt]([Cl])([Cl])[C](=O)Cl. The number of carbonyl (C=O) groups is 2. The second kappa shape index (κ2) is 3.54. The summed E-state index contributed by atoms with van der Waals surface area (Å²) in [5, 5.41) is 0. The minimum atomic E-state index is -4.07. The molecule has 0 rings (SSSR count). The van der Waals surface area contributed by atoms with Crippen molar-refractivity contribution in [2.24, 2.45) is 0 Å². The summed E-state index contributed by atoms with van der Waals surface area (Å²) in [6.45, 7) is 0. The Morgan fingerprint density at radius 1 is 1.00 bits per heavy atom. The van der Waals surface area contributed by atoms with E-state index in [4.69, 9.17) is 42.0 Å². The minimum absolute atomic E-state index is 1.02. The molecule has 0 aliphatic carbocycles. The monoisotopic (exact) mass is 391 g/mol. The fourth-order valence-corrected chi connectivity index (χ4v) is 1.54. The molecule has 0 bridgehead atoms. The van der Waals surface area contributed by atoms with Gasteiger partial charge in [-0.2, -0.15) is 0 Å². The van der Waals surface area contributed by atoms with Gasteiger partial charge in [0.25, 0.3) is 0 Å². The molecule has 0 N–H and O–H groups in total. The van der Waals surface area contributed by atoms with Crippen molar-refractivity contribution < 1.29 is 23.6 Å². The molecule has 0 unspecified atom stereocenters. The van der Waals surface area contributed by atoms with E-state index in [2.05, 4.69) is 0 Å². The summed E-state index contributed by atoms with van der Waals surface area (Å²) in [7, 11) is 10.4. The van der Waals surface area contributed by atoms with Crippen LogP contribution in [0.2, 0.25) is 0 Å². The van der Waals surface area contributed by atoms with Gasteiger partial charge in [0.05, 0.1) is 0 Å². The van der Waals surface area contributed by atoms with E-state index in [9.17, 15) is 9.59 Å². The molecule has 0 radical (unpaired) electrons. The first-order chi connectivity index (χ1) is 3.89. The van der Waals surface area contributed by atoms with Crippen LogP contribution in [0.4, 0.5) is 9.59 Å². The average Bonchev–Trinajstić information content (AvgIpc) is 1.65. The second-order valence-corrected chi connectivity index (χ2v) is 14.3. The zero-order valence-corrected chi connectivity index (χ0v) is 8.94. The first kappa shape index (κ1) is 10.2. The second-order valence-electron chi connectivity index (χ2n) is 0.766. The Balaban J connectivity index is 4.38. The van der Waals surface area contributed by atoms with Crippen molar-refractivity contribution in [3.63, 3.8) is 0 Å². The molecule has 9 heavy (non-hydrogen) atoms. The fourth-order valence-electron chi connectivity index (χ4n) is 0.0489. The first-order valence-electron chi connectivity index (χ1n) is 1.34. The topological polar surface area (TPSA) is 34.1 Å². The van der Waals surface area contributed by atoms with Crippen molar-refractivity contribution in [1.82, 2.24) is 0 Å². The summed E-state index contributed by atoms with van der Waals surface area (Å²) in [6, 6.07) is 0. The van der Waals surface area contributed by atoms with Gasteiger partial charge in [-0.25, -0.2) is 0 Å². The molecule has 0 saturated carbocycles. The predicted octanol–water partition coefficient (Wildman–Crippen LogP) is 3.17. The Labute approximate surface area is 72.4 Å². The third-order valence-electron chi connectivity index (χ3n) is 0.312. The van der Waals surface area contributed by atoms with Crippen LogP contribution in [0.5, 0.6) is 0 Å². The first-order valence-corrected chi connectivity index (χ1v) is 10.0. The molecule has 7 heteroatoms. The van der Waals surface area contributed by atoms with Crippen LogP contribution in [0, 0.1) is 0 Å². The molecule has 0 aromatic rings. The van der Waals surface area contributed by atoms with E-state index < -0.39 is 21.2 Å². The molecule has 0 heterocycles. The zero-order chi connectivity index (χ0) is 7.65. The van der Waals surface area contributed by atoms with Crippen molar-refractivity contribution in [1.29, 1.82) is 0 Å². The Kier molecular flexibility index (Phi) is 4.01. The van der Waals surface area contributed by atoms with Gasteiger partial charge < -0.3 is 0 Å². The molecule has 0 amide bonds. The fraction of sp³-hybridized carbons (Fsp3) is 0. The Morgan fingerprint density at radius 2 is 1.22 bits per heavy atom. The molecule has 0 saturated heterocycles. The van der Waals surface area contributed by atoms with Crippen LogP contribution in [-0.4, -0.2) is 7.26 Å². The van der Waals surface area contributed by atoms with E-state index in [-0.39, 0.29) is 0 Å². The van der Waals surface area contributed by atoms with E-state index in [1.165, 1.54) is 0 Å². The summed E-state index contributed by atoms with van der Waals surface area (Å²) in [4.78, 5) is 20.4. The molecule has 2 nitrogen and oxygen atoms in total.